The van der Waals surface area contributed by atoms with Gasteiger partial charge in [-0.2, -0.15) is 4.57 Å². The second-order valence-corrected chi connectivity index (χ2v) is 10.7. The Bertz CT molecular complexity index is 582. The standard InChI is InChI=1S/C13H10Br3N2O/c14-13(15,16)12-9-18(7-6-17-12)8-11(19)10-4-2-1-3-5-10/h1-7,9H,8H2/q+1. The van der Waals surface area contributed by atoms with E-state index in [0.29, 0.717) is 5.56 Å². The summed E-state index contributed by atoms with van der Waals surface area (Å²) >= 11 is 10.2. The van der Waals surface area contributed by atoms with Crippen LogP contribution in [0.1, 0.15) is 16.1 Å². The number of carbonyl (C=O) groups is 1. The van der Waals surface area contributed by atoms with E-state index in [-0.39, 0.29) is 12.3 Å². The van der Waals surface area contributed by atoms with Gasteiger partial charge in [-0.1, -0.05) is 78.1 Å². The van der Waals surface area contributed by atoms with Crippen LogP contribution in [0.25, 0.3) is 0 Å². The van der Waals surface area contributed by atoms with Gasteiger partial charge in [-0.15, -0.1) is 0 Å². The number of Topliss-reactive ketones (excluding diaryl/α,β-unsaturated/α-hetero) is 1. The highest BCUT2D eigenvalue weighted by molar-refractivity contribution is 9.38. The fourth-order valence-corrected chi connectivity index (χ4v) is 2.17. The molecule has 2 aromatic rings. The predicted octanol–water partition coefficient (Wildman–Crippen LogP) is 3.55. The second-order valence-electron chi connectivity index (χ2n) is 3.90. The molecular formula is C13H10Br3N2O+. The molecule has 0 bridgehead atoms. The van der Waals surface area contributed by atoms with Gasteiger partial charge in [-0.05, 0) is 0 Å². The fraction of sp³-hybridized carbons (Fsp3) is 0.154. The van der Waals surface area contributed by atoms with Crippen LogP contribution in [-0.2, 0) is 8.69 Å². The minimum Gasteiger partial charge on any atom is -0.287 e. The van der Waals surface area contributed by atoms with E-state index in [2.05, 4.69) is 52.8 Å². The van der Waals surface area contributed by atoms with E-state index in [1.807, 2.05) is 30.3 Å². The maximum Gasteiger partial charge on any atom is 0.227 e. The first kappa shape index (κ1) is 14.8. The summed E-state index contributed by atoms with van der Waals surface area (Å²) in [5.74, 6) is 0.0621. The quantitative estimate of drug-likeness (QED) is 0.408. The number of halogens is 3. The van der Waals surface area contributed by atoms with Crippen molar-refractivity contribution in [2.75, 3.05) is 0 Å². The van der Waals surface area contributed by atoms with Crippen molar-refractivity contribution >= 4 is 53.6 Å². The lowest BCUT2D eigenvalue weighted by molar-refractivity contribution is -0.684. The van der Waals surface area contributed by atoms with Gasteiger partial charge in [-0.3, -0.25) is 4.79 Å². The molecule has 0 saturated heterocycles. The molecule has 98 valence electrons. The third kappa shape index (κ3) is 4.19. The van der Waals surface area contributed by atoms with Crippen LogP contribution < -0.4 is 4.57 Å². The summed E-state index contributed by atoms with van der Waals surface area (Å²) in [5.41, 5.74) is 1.44. The first-order chi connectivity index (χ1) is 8.97. The lowest BCUT2D eigenvalue weighted by atomic mass is 10.1. The summed E-state index contributed by atoms with van der Waals surface area (Å²) < 4.78 is 1.22. The molecule has 0 fully saturated rings. The normalized spacial score (nSPS) is 11.3. The molecule has 19 heavy (non-hydrogen) atoms. The van der Waals surface area contributed by atoms with E-state index in [4.69, 9.17) is 0 Å². The Labute approximate surface area is 136 Å². The van der Waals surface area contributed by atoms with Crippen LogP contribution in [0.2, 0.25) is 0 Å². The molecule has 0 aliphatic rings. The molecule has 6 heteroatoms. The smallest absolute Gasteiger partial charge is 0.227 e. The summed E-state index contributed by atoms with van der Waals surface area (Å²) in [6.07, 6.45) is 5.23. The van der Waals surface area contributed by atoms with E-state index in [1.165, 1.54) is 0 Å². The van der Waals surface area contributed by atoms with Crippen molar-refractivity contribution < 1.29 is 9.36 Å². The summed E-state index contributed by atoms with van der Waals surface area (Å²) in [7, 11) is 0. The van der Waals surface area contributed by atoms with Crippen molar-refractivity contribution in [1.82, 2.24) is 4.98 Å². The van der Waals surface area contributed by atoms with Crippen LogP contribution >= 0.6 is 47.8 Å². The molecule has 0 N–H and O–H groups in total. The molecular weight excluding hydrogens is 440 g/mol. The maximum absolute atomic E-state index is 12.1. The number of aromatic nitrogens is 2. The third-order valence-corrected chi connectivity index (χ3v) is 3.69. The predicted molar refractivity (Wildman–Crippen MR) is 83.7 cm³/mol. The maximum atomic E-state index is 12.1. The lowest BCUT2D eigenvalue weighted by Gasteiger charge is -2.08. The number of ketones is 1. The van der Waals surface area contributed by atoms with Gasteiger partial charge < -0.3 is 0 Å². The van der Waals surface area contributed by atoms with E-state index in [0.717, 1.165) is 5.69 Å². The van der Waals surface area contributed by atoms with Crippen LogP contribution in [0.15, 0.2) is 48.9 Å². The highest BCUT2D eigenvalue weighted by atomic mass is 80.0. The number of rotatable bonds is 3. The molecule has 0 aliphatic heterocycles. The second kappa shape index (κ2) is 6.24. The number of alkyl halides is 3. The van der Waals surface area contributed by atoms with Crippen molar-refractivity contribution in [2.45, 2.75) is 8.69 Å². The summed E-state index contributed by atoms with van der Waals surface area (Å²) in [6.45, 7) is 0.280. The van der Waals surface area contributed by atoms with E-state index in [9.17, 15) is 4.79 Å². The van der Waals surface area contributed by atoms with Crippen LogP contribution in [0.5, 0.6) is 0 Å². The molecule has 0 spiro atoms. The highest BCUT2D eigenvalue weighted by Gasteiger charge is 2.26. The summed E-state index contributed by atoms with van der Waals surface area (Å²) in [4.78, 5) is 16.3. The SMILES string of the molecule is O=C(C[n+]1ccnc(C(Br)(Br)Br)c1)c1ccccc1. The van der Waals surface area contributed by atoms with Crippen molar-refractivity contribution in [1.29, 1.82) is 0 Å². The van der Waals surface area contributed by atoms with Gasteiger partial charge in [0, 0.05) is 5.56 Å². The first-order valence-electron chi connectivity index (χ1n) is 5.47. The minimum atomic E-state index is -0.578. The number of hydrogen-bond donors (Lipinski definition) is 0. The Morgan fingerprint density at radius 2 is 1.89 bits per heavy atom. The fourth-order valence-electron chi connectivity index (χ4n) is 1.56. The van der Waals surface area contributed by atoms with Crippen molar-refractivity contribution in [3.05, 3.63) is 60.2 Å². The van der Waals surface area contributed by atoms with Crippen LogP contribution in [0.4, 0.5) is 0 Å². The van der Waals surface area contributed by atoms with Crippen LogP contribution in [-0.4, -0.2) is 10.8 Å². The number of carbonyl (C=O) groups excluding carboxylic acids is 1. The van der Waals surface area contributed by atoms with Crippen LogP contribution in [0, 0.1) is 0 Å². The Kier molecular flexibility index (Phi) is 4.86. The molecule has 1 aromatic heterocycles. The Morgan fingerprint density at radius 1 is 1.21 bits per heavy atom. The molecule has 0 unspecified atom stereocenters. The van der Waals surface area contributed by atoms with Gasteiger partial charge in [0.1, 0.15) is 5.69 Å². The molecule has 3 nitrogen and oxygen atoms in total. The van der Waals surface area contributed by atoms with Crippen molar-refractivity contribution in [3.8, 4) is 0 Å². The Hall–Kier alpha value is -0.590. The Morgan fingerprint density at radius 3 is 2.53 bits per heavy atom. The molecule has 0 atom stereocenters. The average molecular weight is 450 g/mol. The molecule has 1 aromatic carbocycles. The average Bonchev–Trinajstić information content (AvgIpc) is 2.39. The van der Waals surface area contributed by atoms with E-state index in [1.54, 1.807) is 23.2 Å². The van der Waals surface area contributed by atoms with Gasteiger partial charge in [0.2, 0.25) is 12.3 Å². The third-order valence-electron chi connectivity index (χ3n) is 2.47. The molecule has 0 amide bonds. The first-order valence-corrected chi connectivity index (χ1v) is 7.85. The number of nitrogens with zero attached hydrogens (tertiary/aromatic N) is 2. The summed E-state index contributed by atoms with van der Waals surface area (Å²) in [5, 5.41) is 0. The topological polar surface area (TPSA) is 33.8 Å². The van der Waals surface area contributed by atoms with Gasteiger partial charge in [0.25, 0.3) is 0 Å². The Balaban J connectivity index is 2.18. The summed E-state index contributed by atoms with van der Waals surface area (Å²) in [6, 6.07) is 9.24. The molecule has 0 saturated carbocycles. The molecule has 0 aliphatic carbocycles. The van der Waals surface area contributed by atoms with E-state index < -0.39 is 2.14 Å². The highest BCUT2D eigenvalue weighted by Crippen LogP contribution is 2.42. The monoisotopic (exact) mass is 447 g/mol. The zero-order valence-corrected chi connectivity index (χ0v) is 14.5. The van der Waals surface area contributed by atoms with Gasteiger partial charge in [-0.25, -0.2) is 4.98 Å². The van der Waals surface area contributed by atoms with Gasteiger partial charge in [0.15, 0.2) is 14.5 Å². The molecule has 0 radical (unpaired) electrons. The van der Waals surface area contributed by atoms with Gasteiger partial charge >= 0.3 is 0 Å². The number of hydrogen-bond acceptors (Lipinski definition) is 2. The lowest BCUT2D eigenvalue weighted by Crippen LogP contribution is -2.38. The zero-order chi connectivity index (χ0) is 13.9. The van der Waals surface area contributed by atoms with Crippen molar-refractivity contribution in [2.24, 2.45) is 0 Å². The largest absolute Gasteiger partial charge is 0.287 e. The zero-order valence-electron chi connectivity index (χ0n) is 9.76. The van der Waals surface area contributed by atoms with Crippen molar-refractivity contribution in [3.63, 3.8) is 0 Å². The minimum absolute atomic E-state index is 0.0621. The van der Waals surface area contributed by atoms with Gasteiger partial charge in [0.05, 0.1) is 6.20 Å². The van der Waals surface area contributed by atoms with Crippen LogP contribution in [0.3, 0.4) is 0 Å². The molecule has 1 heterocycles. The molecule has 2 rings (SSSR count). The van der Waals surface area contributed by atoms with E-state index >= 15 is 0 Å². The number of benzene rings is 1.